The van der Waals surface area contributed by atoms with Gasteiger partial charge >= 0.3 is 0 Å². The first-order chi connectivity index (χ1) is 6.19. The summed E-state index contributed by atoms with van der Waals surface area (Å²) < 4.78 is 0. The van der Waals surface area contributed by atoms with Gasteiger partial charge in [-0.2, -0.15) is 0 Å². The van der Waals surface area contributed by atoms with Crippen LogP contribution in [0.2, 0.25) is 0 Å². The predicted molar refractivity (Wildman–Crippen MR) is 52.0 cm³/mol. The Morgan fingerprint density at radius 3 is 2.46 bits per heavy atom. The predicted octanol–water partition coefficient (Wildman–Crippen LogP) is 1.34. The van der Waals surface area contributed by atoms with Crippen molar-refractivity contribution in [3.05, 3.63) is 11.9 Å². The molecule has 1 rings (SSSR count). The monoisotopic (exact) mass is 181 g/mol. The SMILES string of the molecule is CCN(CC)c1ncc(O)c(C)n1. The Hall–Kier alpha value is -1.32. The van der Waals surface area contributed by atoms with Gasteiger partial charge in [-0.05, 0) is 20.8 Å². The van der Waals surface area contributed by atoms with Gasteiger partial charge in [0.2, 0.25) is 5.95 Å². The first-order valence-electron chi connectivity index (χ1n) is 4.46. The molecule has 0 bridgehead atoms. The average Bonchev–Trinajstić information content (AvgIpc) is 2.13. The lowest BCUT2D eigenvalue weighted by atomic mass is 10.4. The van der Waals surface area contributed by atoms with E-state index in [0.717, 1.165) is 13.1 Å². The van der Waals surface area contributed by atoms with Crippen LogP contribution in [0.3, 0.4) is 0 Å². The molecule has 0 aliphatic carbocycles. The minimum absolute atomic E-state index is 0.149. The van der Waals surface area contributed by atoms with Gasteiger partial charge in [0.05, 0.1) is 11.9 Å². The van der Waals surface area contributed by atoms with Crippen molar-refractivity contribution in [3.63, 3.8) is 0 Å². The van der Waals surface area contributed by atoms with Crippen LogP contribution < -0.4 is 4.90 Å². The van der Waals surface area contributed by atoms with E-state index in [9.17, 15) is 5.11 Å². The molecule has 0 aliphatic heterocycles. The Bertz CT molecular complexity index is 284. The zero-order valence-corrected chi connectivity index (χ0v) is 8.28. The summed E-state index contributed by atoms with van der Waals surface area (Å²) in [7, 11) is 0. The summed E-state index contributed by atoms with van der Waals surface area (Å²) >= 11 is 0. The lowest BCUT2D eigenvalue weighted by Gasteiger charge is -2.18. The lowest BCUT2D eigenvalue weighted by Crippen LogP contribution is -2.24. The Kier molecular flexibility index (Phi) is 3.06. The molecular weight excluding hydrogens is 166 g/mol. The molecule has 0 saturated heterocycles. The quantitative estimate of drug-likeness (QED) is 0.764. The standard InChI is InChI=1S/C9H15N3O/c1-4-12(5-2)9-10-6-8(13)7(3)11-9/h6,13H,4-5H2,1-3H3. The Labute approximate surface area is 78.2 Å². The van der Waals surface area contributed by atoms with Crippen LogP contribution in [0.4, 0.5) is 5.95 Å². The molecule has 1 N–H and O–H groups in total. The second-order valence-corrected chi connectivity index (χ2v) is 2.81. The van der Waals surface area contributed by atoms with Gasteiger partial charge in [0.25, 0.3) is 0 Å². The summed E-state index contributed by atoms with van der Waals surface area (Å²) in [4.78, 5) is 10.3. The second-order valence-electron chi connectivity index (χ2n) is 2.81. The third kappa shape index (κ3) is 2.08. The van der Waals surface area contributed by atoms with Gasteiger partial charge in [0.1, 0.15) is 0 Å². The van der Waals surface area contributed by atoms with Gasteiger partial charge in [-0.15, -0.1) is 0 Å². The molecule has 0 aromatic carbocycles. The third-order valence-corrected chi connectivity index (χ3v) is 1.99. The van der Waals surface area contributed by atoms with E-state index in [4.69, 9.17) is 0 Å². The molecule has 1 heterocycles. The zero-order valence-electron chi connectivity index (χ0n) is 8.28. The van der Waals surface area contributed by atoms with Gasteiger partial charge in [0.15, 0.2) is 5.75 Å². The van der Waals surface area contributed by atoms with Crippen molar-refractivity contribution < 1.29 is 5.11 Å². The number of aromatic nitrogens is 2. The maximum atomic E-state index is 9.23. The van der Waals surface area contributed by atoms with Crippen LogP contribution in [0.15, 0.2) is 6.20 Å². The summed E-state index contributed by atoms with van der Waals surface area (Å²) in [5.41, 5.74) is 0.622. The number of hydrogen-bond donors (Lipinski definition) is 1. The van der Waals surface area contributed by atoms with Crippen LogP contribution in [0.1, 0.15) is 19.5 Å². The Morgan fingerprint density at radius 2 is 2.00 bits per heavy atom. The van der Waals surface area contributed by atoms with E-state index in [-0.39, 0.29) is 5.75 Å². The van der Waals surface area contributed by atoms with Gasteiger partial charge < -0.3 is 10.0 Å². The molecule has 72 valence electrons. The minimum atomic E-state index is 0.149. The summed E-state index contributed by atoms with van der Waals surface area (Å²) in [6.07, 6.45) is 1.44. The topological polar surface area (TPSA) is 49.2 Å². The van der Waals surface area contributed by atoms with Crippen LogP contribution in [-0.4, -0.2) is 28.2 Å². The zero-order chi connectivity index (χ0) is 9.84. The molecule has 0 fully saturated rings. The molecule has 13 heavy (non-hydrogen) atoms. The summed E-state index contributed by atoms with van der Waals surface area (Å²) in [5, 5.41) is 9.23. The number of hydrogen-bond acceptors (Lipinski definition) is 4. The molecule has 0 amide bonds. The maximum absolute atomic E-state index is 9.23. The van der Waals surface area contributed by atoms with Gasteiger partial charge in [-0.1, -0.05) is 0 Å². The van der Waals surface area contributed by atoms with E-state index >= 15 is 0 Å². The lowest BCUT2D eigenvalue weighted by molar-refractivity contribution is 0.464. The highest BCUT2D eigenvalue weighted by Crippen LogP contribution is 2.15. The van der Waals surface area contributed by atoms with Crippen LogP contribution in [0.25, 0.3) is 0 Å². The first-order valence-corrected chi connectivity index (χ1v) is 4.46. The van der Waals surface area contributed by atoms with Crippen molar-refractivity contribution in [1.82, 2.24) is 9.97 Å². The van der Waals surface area contributed by atoms with Gasteiger partial charge in [-0.3, -0.25) is 0 Å². The molecule has 0 aliphatic rings. The van der Waals surface area contributed by atoms with E-state index in [1.54, 1.807) is 6.92 Å². The van der Waals surface area contributed by atoms with E-state index < -0.39 is 0 Å². The highest BCUT2D eigenvalue weighted by Gasteiger charge is 2.06. The molecule has 4 nitrogen and oxygen atoms in total. The fourth-order valence-corrected chi connectivity index (χ4v) is 1.11. The fraction of sp³-hybridized carbons (Fsp3) is 0.556. The molecule has 4 heteroatoms. The van der Waals surface area contributed by atoms with Crippen molar-refractivity contribution in [3.8, 4) is 5.75 Å². The molecule has 0 saturated carbocycles. The number of nitrogens with zero attached hydrogens (tertiary/aromatic N) is 3. The summed E-state index contributed by atoms with van der Waals surface area (Å²) in [6, 6.07) is 0. The largest absolute Gasteiger partial charge is 0.504 e. The van der Waals surface area contributed by atoms with Crippen molar-refractivity contribution >= 4 is 5.95 Å². The molecule has 0 atom stereocenters. The molecule has 0 spiro atoms. The number of rotatable bonds is 3. The summed E-state index contributed by atoms with van der Waals surface area (Å²) in [6.45, 7) is 7.62. The van der Waals surface area contributed by atoms with Crippen molar-refractivity contribution in [2.45, 2.75) is 20.8 Å². The minimum Gasteiger partial charge on any atom is -0.504 e. The van der Waals surface area contributed by atoms with Crippen LogP contribution in [-0.2, 0) is 0 Å². The van der Waals surface area contributed by atoms with Gasteiger partial charge in [-0.25, -0.2) is 9.97 Å². The van der Waals surface area contributed by atoms with Crippen molar-refractivity contribution in [2.24, 2.45) is 0 Å². The van der Waals surface area contributed by atoms with Crippen LogP contribution in [0.5, 0.6) is 5.75 Å². The fourth-order valence-electron chi connectivity index (χ4n) is 1.11. The van der Waals surface area contributed by atoms with E-state index in [1.165, 1.54) is 6.20 Å². The summed E-state index contributed by atoms with van der Waals surface area (Å²) in [5.74, 6) is 0.830. The average molecular weight is 181 g/mol. The molecule has 0 unspecified atom stereocenters. The van der Waals surface area contributed by atoms with Crippen molar-refractivity contribution in [2.75, 3.05) is 18.0 Å². The molecule has 0 radical (unpaired) electrons. The first kappa shape index (κ1) is 9.77. The Morgan fingerprint density at radius 1 is 1.38 bits per heavy atom. The van der Waals surface area contributed by atoms with E-state index in [1.807, 2.05) is 4.90 Å². The highest BCUT2D eigenvalue weighted by atomic mass is 16.3. The second kappa shape index (κ2) is 4.07. The van der Waals surface area contributed by atoms with Gasteiger partial charge in [0, 0.05) is 13.1 Å². The third-order valence-electron chi connectivity index (χ3n) is 1.99. The van der Waals surface area contributed by atoms with Crippen LogP contribution in [0, 0.1) is 6.92 Å². The number of aryl methyl sites for hydroxylation is 1. The highest BCUT2D eigenvalue weighted by molar-refractivity contribution is 5.34. The maximum Gasteiger partial charge on any atom is 0.225 e. The number of anilines is 1. The number of aromatic hydroxyl groups is 1. The normalized spacial score (nSPS) is 10.1. The van der Waals surface area contributed by atoms with Crippen molar-refractivity contribution in [1.29, 1.82) is 0 Å². The molecular formula is C9H15N3O. The van der Waals surface area contributed by atoms with E-state index in [0.29, 0.717) is 11.6 Å². The molecule has 1 aromatic heterocycles. The smallest absolute Gasteiger partial charge is 0.225 e. The van der Waals surface area contributed by atoms with E-state index in [2.05, 4.69) is 23.8 Å². The van der Waals surface area contributed by atoms with Crippen LogP contribution >= 0.6 is 0 Å². The Balaban J connectivity index is 2.95. The molecule has 1 aromatic rings.